The van der Waals surface area contributed by atoms with Gasteiger partial charge in [0.2, 0.25) is 5.95 Å². The Morgan fingerprint density at radius 1 is 0.880 bits per heavy atom. The molecule has 1 aromatic heterocycles. The van der Waals surface area contributed by atoms with Crippen LogP contribution < -0.4 is 15.0 Å². The molecule has 1 heterocycles. The second kappa shape index (κ2) is 8.15. The van der Waals surface area contributed by atoms with Gasteiger partial charge in [0.1, 0.15) is 17.3 Å². The number of aromatic nitrogens is 2. The van der Waals surface area contributed by atoms with Gasteiger partial charge in [-0.25, -0.2) is 4.98 Å². The lowest BCUT2D eigenvalue weighted by atomic mass is 10.3. The summed E-state index contributed by atoms with van der Waals surface area (Å²) in [5, 5.41) is 3.23. The van der Waals surface area contributed by atoms with E-state index in [4.69, 9.17) is 4.74 Å². The zero-order chi connectivity index (χ0) is 17.5. The zero-order valence-corrected chi connectivity index (χ0v) is 14.5. The molecule has 0 amide bonds. The summed E-state index contributed by atoms with van der Waals surface area (Å²) < 4.78 is 5.80. The predicted molar refractivity (Wildman–Crippen MR) is 102 cm³/mol. The van der Waals surface area contributed by atoms with Crippen molar-refractivity contribution >= 4 is 17.5 Å². The Labute approximate surface area is 148 Å². The molecule has 0 bridgehead atoms. The first-order valence-electron chi connectivity index (χ1n) is 8.46. The SMILES string of the molecule is CCN(CC)c1ccnc(Nc2ccc(Oc3ccccc3)cc2)n1. The van der Waals surface area contributed by atoms with Crippen molar-refractivity contribution in [2.45, 2.75) is 13.8 Å². The van der Waals surface area contributed by atoms with Gasteiger partial charge in [-0.3, -0.25) is 0 Å². The number of nitrogens with zero attached hydrogens (tertiary/aromatic N) is 3. The Morgan fingerprint density at radius 3 is 2.24 bits per heavy atom. The van der Waals surface area contributed by atoms with Gasteiger partial charge in [-0.05, 0) is 56.3 Å². The molecule has 2 aromatic carbocycles. The molecule has 0 radical (unpaired) electrons. The van der Waals surface area contributed by atoms with Crippen LogP contribution in [0.1, 0.15) is 13.8 Å². The highest BCUT2D eigenvalue weighted by molar-refractivity contribution is 5.56. The van der Waals surface area contributed by atoms with E-state index < -0.39 is 0 Å². The first-order valence-corrected chi connectivity index (χ1v) is 8.46. The van der Waals surface area contributed by atoms with Crippen molar-refractivity contribution < 1.29 is 4.74 Å². The molecular weight excluding hydrogens is 312 g/mol. The van der Waals surface area contributed by atoms with Gasteiger partial charge in [0.25, 0.3) is 0 Å². The highest BCUT2D eigenvalue weighted by Gasteiger charge is 2.06. The molecule has 0 aliphatic carbocycles. The summed E-state index contributed by atoms with van der Waals surface area (Å²) in [4.78, 5) is 11.1. The number of nitrogens with one attached hydrogen (secondary N) is 1. The molecule has 1 N–H and O–H groups in total. The van der Waals surface area contributed by atoms with Crippen LogP contribution in [0.3, 0.4) is 0 Å². The maximum Gasteiger partial charge on any atom is 0.229 e. The number of anilines is 3. The van der Waals surface area contributed by atoms with E-state index in [2.05, 4.69) is 34.0 Å². The number of ether oxygens (including phenoxy) is 1. The van der Waals surface area contributed by atoms with Crippen LogP contribution in [0.2, 0.25) is 0 Å². The molecule has 0 unspecified atom stereocenters. The van der Waals surface area contributed by atoms with Crippen molar-refractivity contribution in [3.63, 3.8) is 0 Å². The summed E-state index contributed by atoms with van der Waals surface area (Å²) in [5.74, 6) is 3.11. The van der Waals surface area contributed by atoms with Crippen LogP contribution in [0.4, 0.5) is 17.5 Å². The van der Waals surface area contributed by atoms with Crippen molar-refractivity contribution in [2.75, 3.05) is 23.3 Å². The lowest BCUT2D eigenvalue weighted by Crippen LogP contribution is -2.23. The second-order valence-corrected chi connectivity index (χ2v) is 5.48. The fourth-order valence-electron chi connectivity index (χ4n) is 2.49. The predicted octanol–water partition coefficient (Wildman–Crippen LogP) is 4.86. The van der Waals surface area contributed by atoms with Gasteiger partial charge in [-0.1, -0.05) is 18.2 Å². The zero-order valence-electron chi connectivity index (χ0n) is 14.5. The van der Waals surface area contributed by atoms with Crippen LogP contribution in [-0.4, -0.2) is 23.1 Å². The number of hydrogen-bond acceptors (Lipinski definition) is 5. The van der Waals surface area contributed by atoms with E-state index >= 15 is 0 Å². The van der Waals surface area contributed by atoms with E-state index in [9.17, 15) is 0 Å². The minimum Gasteiger partial charge on any atom is -0.457 e. The van der Waals surface area contributed by atoms with E-state index in [-0.39, 0.29) is 0 Å². The van der Waals surface area contributed by atoms with Crippen molar-refractivity contribution in [1.29, 1.82) is 0 Å². The molecule has 3 aromatic rings. The molecule has 0 atom stereocenters. The first kappa shape index (κ1) is 16.8. The van der Waals surface area contributed by atoms with Crippen LogP contribution in [0.5, 0.6) is 11.5 Å². The quantitative estimate of drug-likeness (QED) is 0.669. The van der Waals surface area contributed by atoms with Crippen molar-refractivity contribution in [2.24, 2.45) is 0 Å². The van der Waals surface area contributed by atoms with Crippen molar-refractivity contribution in [3.05, 3.63) is 66.9 Å². The van der Waals surface area contributed by atoms with Gasteiger partial charge in [-0.15, -0.1) is 0 Å². The molecule has 3 rings (SSSR count). The number of benzene rings is 2. The lowest BCUT2D eigenvalue weighted by Gasteiger charge is -2.19. The van der Waals surface area contributed by atoms with Crippen LogP contribution in [-0.2, 0) is 0 Å². The van der Waals surface area contributed by atoms with Gasteiger partial charge in [-0.2, -0.15) is 4.98 Å². The van der Waals surface area contributed by atoms with Gasteiger partial charge in [0.05, 0.1) is 0 Å². The highest BCUT2D eigenvalue weighted by Crippen LogP contribution is 2.24. The molecule has 0 saturated heterocycles. The van der Waals surface area contributed by atoms with Crippen LogP contribution in [0.25, 0.3) is 0 Å². The Bertz CT molecular complexity index is 786. The molecule has 0 spiro atoms. The van der Waals surface area contributed by atoms with E-state index in [0.717, 1.165) is 36.1 Å². The highest BCUT2D eigenvalue weighted by atomic mass is 16.5. The second-order valence-electron chi connectivity index (χ2n) is 5.48. The Hall–Kier alpha value is -3.08. The average Bonchev–Trinajstić information content (AvgIpc) is 2.66. The molecule has 0 aliphatic heterocycles. The first-order chi connectivity index (χ1) is 12.3. The standard InChI is InChI=1S/C20H22N4O/c1-3-24(4-2)19-14-15-21-20(23-19)22-16-10-12-18(13-11-16)25-17-8-6-5-7-9-17/h5-15H,3-4H2,1-2H3,(H,21,22,23). The normalized spacial score (nSPS) is 10.3. The Morgan fingerprint density at radius 2 is 1.56 bits per heavy atom. The van der Waals surface area contributed by atoms with Crippen molar-refractivity contribution in [3.8, 4) is 11.5 Å². The topological polar surface area (TPSA) is 50.3 Å². The minimum absolute atomic E-state index is 0.584. The van der Waals surface area contributed by atoms with Gasteiger partial charge >= 0.3 is 0 Å². The molecule has 5 nitrogen and oxygen atoms in total. The van der Waals surface area contributed by atoms with Crippen LogP contribution in [0, 0.1) is 0 Å². The third-order valence-corrected chi connectivity index (χ3v) is 3.82. The summed E-state index contributed by atoms with van der Waals surface area (Å²) >= 11 is 0. The fraction of sp³-hybridized carbons (Fsp3) is 0.200. The molecule has 128 valence electrons. The summed E-state index contributed by atoms with van der Waals surface area (Å²) in [6.07, 6.45) is 1.77. The van der Waals surface area contributed by atoms with E-state index in [1.807, 2.05) is 60.7 Å². The summed E-state index contributed by atoms with van der Waals surface area (Å²) in [6, 6.07) is 19.4. The summed E-state index contributed by atoms with van der Waals surface area (Å²) in [6.45, 7) is 6.06. The van der Waals surface area contributed by atoms with Gasteiger partial charge < -0.3 is 15.0 Å². The third-order valence-electron chi connectivity index (χ3n) is 3.82. The number of hydrogen-bond donors (Lipinski definition) is 1. The molecule has 0 aliphatic rings. The lowest BCUT2D eigenvalue weighted by molar-refractivity contribution is 0.483. The van der Waals surface area contributed by atoms with Gasteiger partial charge in [0, 0.05) is 25.0 Å². The molecule has 0 saturated carbocycles. The van der Waals surface area contributed by atoms with E-state index in [1.165, 1.54) is 0 Å². The fourth-order valence-corrected chi connectivity index (χ4v) is 2.49. The van der Waals surface area contributed by atoms with E-state index in [0.29, 0.717) is 5.95 Å². The third kappa shape index (κ3) is 4.47. The monoisotopic (exact) mass is 334 g/mol. The number of para-hydroxylation sites is 1. The number of rotatable bonds is 7. The molecule has 5 heteroatoms. The Balaban J connectivity index is 1.68. The van der Waals surface area contributed by atoms with Gasteiger partial charge in [0.15, 0.2) is 0 Å². The van der Waals surface area contributed by atoms with Crippen molar-refractivity contribution in [1.82, 2.24) is 9.97 Å². The maximum absolute atomic E-state index is 5.80. The Kier molecular flexibility index (Phi) is 5.46. The van der Waals surface area contributed by atoms with E-state index in [1.54, 1.807) is 6.20 Å². The molecule has 0 fully saturated rings. The average molecular weight is 334 g/mol. The smallest absolute Gasteiger partial charge is 0.229 e. The summed E-state index contributed by atoms with van der Waals surface area (Å²) in [7, 11) is 0. The largest absolute Gasteiger partial charge is 0.457 e. The van der Waals surface area contributed by atoms with Crippen LogP contribution in [0.15, 0.2) is 66.9 Å². The molecular formula is C20H22N4O. The van der Waals surface area contributed by atoms with Crippen LogP contribution >= 0.6 is 0 Å². The minimum atomic E-state index is 0.584. The maximum atomic E-state index is 5.80. The summed E-state index contributed by atoms with van der Waals surface area (Å²) in [5.41, 5.74) is 0.914. The molecule has 25 heavy (non-hydrogen) atoms.